The quantitative estimate of drug-likeness (QED) is 0.652. The Morgan fingerprint density at radius 2 is 2.00 bits per heavy atom. The van der Waals surface area contributed by atoms with Crippen LogP contribution in [-0.4, -0.2) is 17.0 Å². The molecule has 7 heteroatoms. The van der Waals surface area contributed by atoms with Gasteiger partial charge >= 0.3 is 0 Å². The van der Waals surface area contributed by atoms with E-state index in [1.165, 1.54) is 24.3 Å². The van der Waals surface area contributed by atoms with Crippen LogP contribution in [-0.2, 0) is 0 Å². The van der Waals surface area contributed by atoms with Crippen LogP contribution in [0.25, 0.3) is 0 Å². The average Bonchev–Trinajstić information content (AvgIpc) is 2.46. The molecular formula is C14H15FN4O2. The van der Waals surface area contributed by atoms with Crippen LogP contribution in [0.4, 0.5) is 21.7 Å². The second-order valence-electron chi connectivity index (χ2n) is 4.52. The molecule has 2 N–H and O–H groups in total. The maximum atomic E-state index is 13.2. The second kappa shape index (κ2) is 6.17. The van der Waals surface area contributed by atoms with Crippen molar-refractivity contribution in [2.45, 2.75) is 13.0 Å². The zero-order chi connectivity index (χ0) is 15.4. The molecule has 2 aromatic rings. The van der Waals surface area contributed by atoms with Gasteiger partial charge in [0, 0.05) is 7.05 Å². The molecule has 0 saturated carbocycles. The Labute approximate surface area is 121 Å². The molecule has 1 aromatic heterocycles. The van der Waals surface area contributed by atoms with E-state index in [4.69, 9.17) is 0 Å². The fraction of sp³-hybridized carbons (Fsp3) is 0.214. The Bertz CT molecular complexity index is 663. The Hall–Kier alpha value is -2.70. The minimum atomic E-state index is -0.486. The molecule has 0 aliphatic heterocycles. The summed E-state index contributed by atoms with van der Waals surface area (Å²) in [4.78, 5) is 14.6. The molecule has 0 saturated heterocycles. The molecule has 1 unspecified atom stereocenters. The van der Waals surface area contributed by atoms with Gasteiger partial charge in [-0.05, 0) is 24.6 Å². The summed E-state index contributed by atoms with van der Waals surface area (Å²) >= 11 is 0. The molecule has 1 heterocycles. The third-order valence-corrected chi connectivity index (χ3v) is 2.99. The molecule has 0 amide bonds. The largest absolute Gasteiger partial charge is 0.373 e. The van der Waals surface area contributed by atoms with Gasteiger partial charge in [0.2, 0.25) is 0 Å². The summed E-state index contributed by atoms with van der Waals surface area (Å²) in [6.07, 6.45) is 0. The third kappa shape index (κ3) is 3.65. The highest BCUT2D eigenvalue weighted by molar-refractivity contribution is 5.55. The predicted octanol–water partition coefficient (Wildman–Crippen LogP) is 3.34. The van der Waals surface area contributed by atoms with E-state index in [0.29, 0.717) is 11.6 Å². The van der Waals surface area contributed by atoms with Gasteiger partial charge in [0.25, 0.3) is 5.69 Å². The second-order valence-corrected chi connectivity index (χ2v) is 4.52. The fourth-order valence-corrected chi connectivity index (χ4v) is 1.90. The standard InChI is InChI=1S/C14H15FN4O2/c1-9(10-4-3-5-11(15)6-10)17-14-8-12(19(20)21)7-13(16-2)18-14/h3-9H,1-2H3,(H2,16,17,18). The molecule has 1 atom stereocenters. The first kappa shape index (κ1) is 14.7. The number of benzene rings is 1. The highest BCUT2D eigenvalue weighted by atomic mass is 19.1. The van der Waals surface area contributed by atoms with Crippen molar-refractivity contribution in [3.05, 3.63) is 57.9 Å². The number of nitrogens with one attached hydrogen (secondary N) is 2. The molecule has 6 nitrogen and oxygen atoms in total. The summed E-state index contributed by atoms with van der Waals surface area (Å²) in [5.74, 6) is 0.410. The van der Waals surface area contributed by atoms with Gasteiger partial charge in [-0.3, -0.25) is 10.1 Å². The lowest BCUT2D eigenvalue weighted by Crippen LogP contribution is -2.09. The first-order valence-corrected chi connectivity index (χ1v) is 6.36. The summed E-state index contributed by atoms with van der Waals surface area (Å²) in [6, 6.07) is 8.61. The number of aromatic nitrogens is 1. The molecule has 0 fully saturated rings. The van der Waals surface area contributed by atoms with Gasteiger partial charge in [-0.25, -0.2) is 9.37 Å². The number of pyridine rings is 1. The smallest absolute Gasteiger partial charge is 0.276 e. The van der Waals surface area contributed by atoms with Gasteiger partial charge in [-0.1, -0.05) is 12.1 Å². The van der Waals surface area contributed by atoms with Gasteiger partial charge in [-0.2, -0.15) is 0 Å². The van der Waals surface area contributed by atoms with Crippen molar-refractivity contribution in [1.82, 2.24) is 4.98 Å². The lowest BCUT2D eigenvalue weighted by Gasteiger charge is -2.15. The number of anilines is 2. The van der Waals surface area contributed by atoms with Crippen molar-refractivity contribution in [1.29, 1.82) is 0 Å². The lowest BCUT2D eigenvalue weighted by atomic mass is 10.1. The van der Waals surface area contributed by atoms with E-state index in [0.717, 1.165) is 5.56 Å². The fourth-order valence-electron chi connectivity index (χ4n) is 1.90. The number of nitrogens with zero attached hydrogens (tertiary/aromatic N) is 2. The van der Waals surface area contributed by atoms with Crippen molar-refractivity contribution >= 4 is 17.3 Å². The molecule has 1 aromatic carbocycles. The maximum absolute atomic E-state index is 13.2. The van der Waals surface area contributed by atoms with Gasteiger partial charge < -0.3 is 10.6 Å². The number of hydrogen-bond acceptors (Lipinski definition) is 5. The van der Waals surface area contributed by atoms with Crippen LogP contribution < -0.4 is 10.6 Å². The predicted molar refractivity (Wildman–Crippen MR) is 78.9 cm³/mol. The molecule has 0 radical (unpaired) electrons. The van der Waals surface area contributed by atoms with Crippen LogP contribution in [0.1, 0.15) is 18.5 Å². The van der Waals surface area contributed by atoms with Crippen molar-refractivity contribution < 1.29 is 9.31 Å². The Kier molecular flexibility index (Phi) is 4.32. The summed E-state index contributed by atoms with van der Waals surface area (Å²) in [6.45, 7) is 1.83. The van der Waals surface area contributed by atoms with Crippen molar-refractivity contribution in [3.8, 4) is 0 Å². The Morgan fingerprint density at radius 3 is 2.62 bits per heavy atom. The topological polar surface area (TPSA) is 80.1 Å². The van der Waals surface area contributed by atoms with Crippen molar-refractivity contribution in [2.75, 3.05) is 17.7 Å². The molecule has 0 aliphatic rings. The van der Waals surface area contributed by atoms with Crippen molar-refractivity contribution in [3.63, 3.8) is 0 Å². The normalized spacial score (nSPS) is 11.8. The first-order valence-electron chi connectivity index (χ1n) is 6.36. The maximum Gasteiger partial charge on any atom is 0.276 e. The number of nitro groups is 1. The van der Waals surface area contributed by atoms with Gasteiger partial charge in [0.1, 0.15) is 17.5 Å². The van der Waals surface area contributed by atoms with E-state index in [9.17, 15) is 14.5 Å². The van der Waals surface area contributed by atoms with Crippen molar-refractivity contribution in [2.24, 2.45) is 0 Å². The molecule has 0 aliphatic carbocycles. The van der Waals surface area contributed by atoms with Gasteiger partial charge in [-0.15, -0.1) is 0 Å². The molecule has 0 bridgehead atoms. The lowest BCUT2D eigenvalue weighted by molar-refractivity contribution is -0.384. The molecule has 110 valence electrons. The highest BCUT2D eigenvalue weighted by Gasteiger charge is 2.13. The zero-order valence-corrected chi connectivity index (χ0v) is 11.6. The van der Waals surface area contributed by atoms with E-state index < -0.39 is 4.92 Å². The molecule has 0 spiro atoms. The number of halogens is 1. The molecule has 21 heavy (non-hydrogen) atoms. The Balaban J connectivity index is 2.26. The van der Waals surface area contributed by atoms with E-state index >= 15 is 0 Å². The summed E-state index contributed by atoms with van der Waals surface area (Å²) < 4.78 is 13.2. The zero-order valence-electron chi connectivity index (χ0n) is 11.6. The van der Waals surface area contributed by atoms with Crippen LogP contribution in [0, 0.1) is 15.9 Å². The summed E-state index contributed by atoms with van der Waals surface area (Å²) in [7, 11) is 1.63. The number of hydrogen-bond donors (Lipinski definition) is 2. The average molecular weight is 290 g/mol. The van der Waals surface area contributed by atoms with Crippen LogP contribution in [0.2, 0.25) is 0 Å². The van der Waals surface area contributed by atoms with E-state index in [1.807, 2.05) is 6.92 Å². The number of rotatable bonds is 5. The van der Waals surface area contributed by atoms with Gasteiger partial charge in [0.05, 0.1) is 23.1 Å². The third-order valence-electron chi connectivity index (χ3n) is 2.99. The van der Waals surface area contributed by atoms with Crippen LogP contribution >= 0.6 is 0 Å². The van der Waals surface area contributed by atoms with Gasteiger partial charge in [0.15, 0.2) is 0 Å². The summed E-state index contributed by atoms with van der Waals surface area (Å²) in [5.41, 5.74) is 0.664. The van der Waals surface area contributed by atoms with Crippen LogP contribution in [0.15, 0.2) is 36.4 Å². The summed E-state index contributed by atoms with van der Waals surface area (Å²) in [5, 5.41) is 16.7. The minimum absolute atomic E-state index is 0.0664. The highest BCUT2D eigenvalue weighted by Crippen LogP contribution is 2.24. The van der Waals surface area contributed by atoms with E-state index in [-0.39, 0.29) is 17.5 Å². The molecular weight excluding hydrogens is 275 g/mol. The minimum Gasteiger partial charge on any atom is -0.373 e. The first-order chi connectivity index (χ1) is 9.99. The molecule has 2 rings (SSSR count). The van der Waals surface area contributed by atoms with E-state index in [1.54, 1.807) is 19.2 Å². The monoisotopic (exact) mass is 290 g/mol. The van der Waals surface area contributed by atoms with E-state index in [2.05, 4.69) is 15.6 Å². The van der Waals surface area contributed by atoms with Crippen LogP contribution in [0.5, 0.6) is 0 Å². The Morgan fingerprint density at radius 1 is 1.29 bits per heavy atom. The van der Waals surface area contributed by atoms with Crippen LogP contribution in [0.3, 0.4) is 0 Å². The SMILES string of the molecule is CNc1cc([N+](=O)[O-])cc(NC(C)c2cccc(F)c2)n1.